The summed E-state index contributed by atoms with van der Waals surface area (Å²) < 4.78 is 0. The van der Waals surface area contributed by atoms with Crippen LogP contribution in [0, 0.1) is 0 Å². The lowest BCUT2D eigenvalue weighted by molar-refractivity contribution is -0.114. The summed E-state index contributed by atoms with van der Waals surface area (Å²) in [5, 5.41) is 9.47. The standard InChI is InChI=1S/C18H16N6O2S/c25-14-9-20-16-12(21-10-22-17(16)24-14)6-7-15-19-8-13(27-15)18(26)23-11-4-2-1-3-5-11/h1-5,8,10,20H,6-7,9H2,(H,23,26)(H,21,22,24,25). The second-order valence-corrected chi connectivity index (χ2v) is 7.00. The van der Waals surface area contributed by atoms with Crippen LogP contribution in [0.25, 0.3) is 0 Å². The molecule has 3 aromatic rings. The normalized spacial score (nSPS) is 12.7. The van der Waals surface area contributed by atoms with E-state index in [9.17, 15) is 9.59 Å². The number of benzene rings is 1. The highest BCUT2D eigenvalue weighted by Crippen LogP contribution is 2.26. The van der Waals surface area contributed by atoms with Gasteiger partial charge in [-0.15, -0.1) is 11.3 Å². The third-order valence-corrected chi connectivity index (χ3v) is 5.05. The average Bonchev–Trinajstić information content (AvgIpc) is 3.16. The Morgan fingerprint density at radius 1 is 1.15 bits per heavy atom. The van der Waals surface area contributed by atoms with E-state index in [2.05, 4.69) is 30.9 Å². The number of anilines is 3. The monoisotopic (exact) mass is 380 g/mol. The van der Waals surface area contributed by atoms with E-state index in [1.54, 1.807) is 6.20 Å². The Morgan fingerprint density at radius 3 is 2.85 bits per heavy atom. The Balaban J connectivity index is 1.41. The maximum atomic E-state index is 12.3. The van der Waals surface area contributed by atoms with Crippen LogP contribution in [-0.4, -0.2) is 33.3 Å². The molecule has 0 atom stereocenters. The third kappa shape index (κ3) is 3.93. The van der Waals surface area contributed by atoms with E-state index in [1.165, 1.54) is 17.7 Å². The van der Waals surface area contributed by atoms with Gasteiger partial charge in [0.15, 0.2) is 5.82 Å². The first kappa shape index (κ1) is 17.1. The first-order chi connectivity index (χ1) is 13.2. The highest BCUT2D eigenvalue weighted by Gasteiger charge is 2.19. The molecular formula is C18H16N6O2S. The molecule has 0 radical (unpaired) electrons. The fourth-order valence-electron chi connectivity index (χ4n) is 2.71. The van der Waals surface area contributed by atoms with Crippen molar-refractivity contribution in [1.82, 2.24) is 15.0 Å². The minimum atomic E-state index is -0.172. The zero-order valence-electron chi connectivity index (χ0n) is 14.2. The van der Waals surface area contributed by atoms with Gasteiger partial charge in [0.1, 0.15) is 11.2 Å². The van der Waals surface area contributed by atoms with Gasteiger partial charge in [-0.05, 0) is 18.6 Å². The van der Waals surface area contributed by atoms with Crippen molar-refractivity contribution in [2.75, 3.05) is 22.5 Å². The van der Waals surface area contributed by atoms with Crippen LogP contribution in [0.15, 0.2) is 42.9 Å². The topological polar surface area (TPSA) is 109 Å². The number of carbonyl (C=O) groups is 2. The van der Waals surface area contributed by atoms with Crippen molar-refractivity contribution < 1.29 is 9.59 Å². The molecule has 0 bridgehead atoms. The number of thiazole rings is 1. The minimum absolute atomic E-state index is 0.124. The molecule has 0 saturated carbocycles. The van der Waals surface area contributed by atoms with Crippen molar-refractivity contribution in [3.63, 3.8) is 0 Å². The van der Waals surface area contributed by atoms with Gasteiger partial charge in [0.25, 0.3) is 5.91 Å². The number of aromatic nitrogens is 3. The van der Waals surface area contributed by atoms with Gasteiger partial charge in [-0.3, -0.25) is 9.59 Å². The molecule has 4 rings (SSSR count). The van der Waals surface area contributed by atoms with Crippen molar-refractivity contribution in [3.8, 4) is 0 Å². The molecule has 0 aliphatic carbocycles. The summed E-state index contributed by atoms with van der Waals surface area (Å²) in [6.07, 6.45) is 4.29. The van der Waals surface area contributed by atoms with Crippen LogP contribution < -0.4 is 16.0 Å². The molecule has 2 aromatic heterocycles. The van der Waals surface area contributed by atoms with E-state index >= 15 is 0 Å². The van der Waals surface area contributed by atoms with Crippen LogP contribution in [0.2, 0.25) is 0 Å². The molecule has 1 aliphatic heterocycles. The molecule has 0 spiro atoms. The molecule has 8 nitrogen and oxygen atoms in total. The smallest absolute Gasteiger partial charge is 0.267 e. The van der Waals surface area contributed by atoms with E-state index in [4.69, 9.17) is 0 Å². The Kier molecular flexibility index (Phi) is 4.75. The van der Waals surface area contributed by atoms with Crippen molar-refractivity contribution in [2.45, 2.75) is 12.8 Å². The molecule has 0 fully saturated rings. The van der Waals surface area contributed by atoms with Gasteiger partial charge in [0.2, 0.25) is 5.91 Å². The number of amides is 2. The molecule has 1 aliphatic rings. The average molecular weight is 380 g/mol. The highest BCUT2D eigenvalue weighted by molar-refractivity contribution is 7.13. The van der Waals surface area contributed by atoms with Crippen LogP contribution in [0.3, 0.4) is 0 Å². The van der Waals surface area contributed by atoms with E-state index < -0.39 is 0 Å². The van der Waals surface area contributed by atoms with Crippen LogP contribution in [-0.2, 0) is 17.6 Å². The number of carbonyl (C=O) groups excluding carboxylic acids is 2. The molecule has 0 unspecified atom stereocenters. The minimum Gasteiger partial charge on any atom is -0.372 e. The van der Waals surface area contributed by atoms with Crippen molar-refractivity contribution in [1.29, 1.82) is 0 Å². The predicted octanol–water partition coefficient (Wildman–Crippen LogP) is 2.33. The first-order valence-electron chi connectivity index (χ1n) is 8.38. The second kappa shape index (κ2) is 7.50. The number of para-hydroxylation sites is 1. The maximum Gasteiger partial charge on any atom is 0.267 e. The SMILES string of the molecule is O=C1CNc2c(CCc3ncc(C(=O)Nc4ccccc4)s3)ncnc2N1. The summed E-state index contributed by atoms with van der Waals surface area (Å²) in [5.74, 6) is 0.202. The number of nitrogens with one attached hydrogen (secondary N) is 3. The maximum absolute atomic E-state index is 12.3. The van der Waals surface area contributed by atoms with E-state index in [0.717, 1.165) is 22.1 Å². The molecule has 27 heavy (non-hydrogen) atoms. The number of fused-ring (bicyclic) bond motifs is 1. The molecule has 3 heterocycles. The molecule has 9 heteroatoms. The second-order valence-electron chi connectivity index (χ2n) is 5.88. The Labute approximate surface area is 159 Å². The van der Waals surface area contributed by atoms with Crippen molar-refractivity contribution in [3.05, 3.63) is 58.4 Å². The third-order valence-electron chi connectivity index (χ3n) is 3.99. The van der Waals surface area contributed by atoms with Crippen LogP contribution >= 0.6 is 11.3 Å². The van der Waals surface area contributed by atoms with Gasteiger partial charge in [0.05, 0.1) is 29.1 Å². The fraction of sp³-hybridized carbons (Fsp3) is 0.167. The van der Waals surface area contributed by atoms with Crippen LogP contribution in [0.4, 0.5) is 17.2 Å². The summed E-state index contributed by atoms with van der Waals surface area (Å²) in [4.78, 5) is 37.0. The summed E-state index contributed by atoms with van der Waals surface area (Å²) >= 11 is 1.36. The molecule has 136 valence electrons. The summed E-state index contributed by atoms with van der Waals surface area (Å²) in [7, 11) is 0. The number of rotatable bonds is 5. The summed E-state index contributed by atoms with van der Waals surface area (Å²) in [6.45, 7) is 0.203. The number of aryl methyl sites for hydroxylation is 2. The zero-order chi connectivity index (χ0) is 18.6. The predicted molar refractivity (Wildman–Crippen MR) is 103 cm³/mol. The largest absolute Gasteiger partial charge is 0.372 e. The van der Waals surface area contributed by atoms with Gasteiger partial charge in [-0.2, -0.15) is 0 Å². The number of hydrogen-bond acceptors (Lipinski definition) is 7. The Hall–Kier alpha value is -3.33. The highest BCUT2D eigenvalue weighted by atomic mass is 32.1. The molecular weight excluding hydrogens is 364 g/mol. The van der Waals surface area contributed by atoms with Crippen molar-refractivity contribution >= 4 is 40.3 Å². The molecule has 1 aromatic carbocycles. The summed E-state index contributed by atoms with van der Waals surface area (Å²) in [5.41, 5.74) is 2.30. The zero-order valence-corrected chi connectivity index (χ0v) is 15.0. The van der Waals surface area contributed by atoms with Gasteiger partial charge < -0.3 is 16.0 Å². The van der Waals surface area contributed by atoms with E-state index in [1.807, 2.05) is 30.3 Å². The van der Waals surface area contributed by atoms with Crippen LogP contribution in [0.5, 0.6) is 0 Å². The quantitative estimate of drug-likeness (QED) is 0.627. The summed E-state index contributed by atoms with van der Waals surface area (Å²) in [6, 6.07) is 9.31. The fourth-order valence-corrected chi connectivity index (χ4v) is 3.52. The van der Waals surface area contributed by atoms with Gasteiger partial charge in [-0.25, -0.2) is 15.0 Å². The van der Waals surface area contributed by atoms with Crippen LogP contribution in [0.1, 0.15) is 20.4 Å². The van der Waals surface area contributed by atoms with Gasteiger partial charge >= 0.3 is 0 Å². The Bertz CT molecular complexity index is 989. The van der Waals surface area contributed by atoms with Crippen molar-refractivity contribution in [2.24, 2.45) is 0 Å². The lowest BCUT2D eigenvalue weighted by Gasteiger charge is -2.19. The van der Waals surface area contributed by atoms with Gasteiger partial charge in [-0.1, -0.05) is 18.2 Å². The molecule has 2 amide bonds. The van der Waals surface area contributed by atoms with E-state index in [0.29, 0.717) is 23.5 Å². The lowest BCUT2D eigenvalue weighted by Crippen LogP contribution is -2.29. The van der Waals surface area contributed by atoms with Gasteiger partial charge in [0, 0.05) is 12.1 Å². The molecule has 0 saturated heterocycles. The number of nitrogens with zero attached hydrogens (tertiary/aromatic N) is 3. The Morgan fingerprint density at radius 2 is 2.00 bits per heavy atom. The lowest BCUT2D eigenvalue weighted by atomic mass is 10.2. The number of hydrogen-bond donors (Lipinski definition) is 3. The molecule has 3 N–H and O–H groups in total. The first-order valence-corrected chi connectivity index (χ1v) is 9.19. The van der Waals surface area contributed by atoms with E-state index in [-0.39, 0.29) is 18.4 Å².